The summed E-state index contributed by atoms with van der Waals surface area (Å²) in [4.78, 5) is 2.64. The summed E-state index contributed by atoms with van der Waals surface area (Å²) in [5, 5.41) is 13.3. The summed E-state index contributed by atoms with van der Waals surface area (Å²) in [5.41, 5.74) is 8.88. The molecule has 1 unspecified atom stereocenters. The topological polar surface area (TPSA) is 78.2 Å². The normalized spacial score (nSPS) is 11.4. The summed E-state index contributed by atoms with van der Waals surface area (Å²) >= 11 is 0. The number of hydrogen-bond acceptors (Lipinski definition) is 3. The third kappa shape index (κ3) is 3.48. The van der Waals surface area contributed by atoms with Gasteiger partial charge < -0.3 is 9.84 Å². The van der Waals surface area contributed by atoms with Crippen molar-refractivity contribution in [2.75, 3.05) is 6.54 Å². The minimum absolute atomic E-state index is 0.0222. The van der Waals surface area contributed by atoms with Gasteiger partial charge in [0.1, 0.15) is 11.5 Å². The number of aliphatic hydroxyl groups excluding tert-OH is 1. The zero-order valence-corrected chi connectivity index (χ0v) is 10.2. The first-order chi connectivity index (χ1) is 9.31. The summed E-state index contributed by atoms with van der Waals surface area (Å²) in [6.45, 7) is -0.0222. The van der Waals surface area contributed by atoms with Crippen LogP contribution in [0.1, 0.15) is 11.7 Å². The van der Waals surface area contributed by atoms with Crippen molar-refractivity contribution in [3.8, 4) is 11.5 Å². The van der Waals surface area contributed by atoms with Crippen molar-refractivity contribution in [1.29, 1.82) is 0 Å². The van der Waals surface area contributed by atoms with E-state index in [1.165, 1.54) is 0 Å². The predicted molar refractivity (Wildman–Crippen MR) is 71.9 cm³/mol. The third-order valence-electron chi connectivity index (χ3n) is 2.57. The second-order valence-electron chi connectivity index (χ2n) is 3.88. The monoisotopic (exact) mass is 255 g/mol. The third-order valence-corrected chi connectivity index (χ3v) is 2.57. The molecule has 0 spiro atoms. The highest BCUT2D eigenvalue weighted by atomic mass is 16.5. The Kier molecular flexibility index (Phi) is 4.39. The molecule has 5 nitrogen and oxygen atoms in total. The molecule has 96 valence electrons. The largest absolute Gasteiger partial charge is 0.457 e. The van der Waals surface area contributed by atoms with E-state index in [9.17, 15) is 5.11 Å². The van der Waals surface area contributed by atoms with Gasteiger partial charge in [0.2, 0.25) is 0 Å². The number of rotatable bonds is 5. The molecule has 19 heavy (non-hydrogen) atoms. The highest BCUT2D eigenvalue weighted by Crippen LogP contribution is 2.29. The molecule has 0 saturated heterocycles. The molecule has 1 atom stereocenters. The quantitative estimate of drug-likeness (QED) is 0.500. The smallest absolute Gasteiger partial charge is 0.133 e. The lowest BCUT2D eigenvalue weighted by Gasteiger charge is -2.14. The first-order valence-corrected chi connectivity index (χ1v) is 5.82. The van der Waals surface area contributed by atoms with Crippen molar-refractivity contribution in [2.24, 2.45) is 5.11 Å². The SMILES string of the molecule is [N-]=[N+]=NCC(O)c1ccccc1Oc1ccccc1. The van der Waals surface area contributed by atoms with Gasteiger partial charge in [-0.3, -0.25) is 0 Å². The first-order valence-electron chi connectivity index (χ1n) is 5.82. The molecule has 5 heteroatoms. The van der Waals surface area contributed by atoms with E-state index in [1.54, 1.807) is 18.2 Å². The molecule has 2 rings (SSSR count). The van der Waals surface area contributed by atoms with Crippen LogP contribution in [0.2, 0.25) is 0 Å². The van der Waals surface area contributed by atoms with E-state index < -0.39 is 6.10 Å². The van der Waals surface area contributed by atoms with Gasteiger partial charge in [0.15, 0.2) is 0 Å². The minimum Gasteiger partial charge on any atom is -0.457 e. The molecule has 0 aliphatic carbocycles. The summed E-state index contributed by atoms with van der Waals surface area (Å²) in [6.07, 6.45) is -0.879. The number of hydrogen-bond donors (Lipinski definition) is 1. The van der Waals surface area contributed by atoms with Gasteiger partial charge in [-0.2, -0.15) is 0 Å². The van der Waals surface area contributed by atoms with E-state index in [0.29, 0.717) is 17.1 Å². The van der Waals surface area contributed by atoms with E-state index in [0.717, 1.165) is 0 Å². The molecule has 0 aliphatic rings. The molecule has 0 bridgehead atoms. The summed E-state index contributed by atoms with van der Waals surface area (Å²) in [6, 6.07) is 16.4. The lowest BCUT2D eigenvalue weighted by Crippen LogP contribution is -2.03. The van der Waals surface area contributed by atoms with Crippen molar-refractivity contribution in [1.82, 2.24) is 0 Å². The Hall–Kier alpha value is -2.49. The second-order valence-corrected chi connectivity index (χ2v) is 3.88. The molecule has 2 aromatic rings. The fourth-order valence-corrected chi connectivity index (χ4v) is 1.68. The van der Waals surface area contributed by atoms with E-state index in [4.69, 9.17) is 10.3 Å². The molecule has 0 heterocycles. The van der Waals surface area contributed by atoms with Gasteiger partial charge in [-0.1, -0.05) is 41.5 Å². The van der Waals surface area contributed by atoms with E-state index in [-0.39, 0.29) is 6.54 Å². The van der Waals surface area contributed by atoms with Crippen molar-refractivity contribution in [3.63, 3.8) is 0 Å². The first kappa shape index (κ1) is 13.0. The van der Waals surface area contributed by atoms with Crippen molar-refractivity contribution < 1.29 is 9.84 Å². The number of azide groups is 1. The maximum Gasteiger partial charge on any atom is 0.133 e. The second kappa shape index (κ2) is 6.44. The zero-order chi connectivity index (χ0) is 13.5. The molecule has 0 amide bonds. The molecule has 0 aliphatic heterocycles. The van der Waals surface area contributed by atoms with Crippen LogP contribution < -0.4 is 4.74 Å². The van der Waals surface area contributed by atoms with Crippen molar-refractivity contribution >= 4 is 0 Å². The van der Waals surface area contributed by atoms with Crippen LogP contribution in [-0.4, -0.2) is 11.7 Å². The van der Waals surface area contributed by atoms with Crippen LogP contribution in [0, 0.1) is 0 Å². The van der Waals surface area contributed by atoms with Crippen LogP contribution >= 0.6 is 0 Å². The van der Waals surface area contributed by atoms with Crippen LogP contribution in [0.25, 0.3) is 10.4 Å². The summed E-state index contributed by atoms with van der Waals surface area (Å²) in [5.74, 6) is 1.24. The molecule has 2 aromatic carbocycles. The van der Waals surface area contributed by atoms with Crippen LogP contribution in [0.4, 0.5) is 0 Å². The Balaban J connectivity index is 2.23. The van der Waals surface area contributed by atoms with Crippen LogP contribution in [0.3, 0.4) is 0 Å². The molecule has 1 N–H and O–H groups in total. The zero-order valence-electron chi connectivity index (χ0n) is 10.2. The predicted octanol–water partition coefficient (Wildman–Crippen LogP) is 3.82. The Bertz CT molecular complexity index is 580. The highest BCUT2D eigenvalue weighted by Gasteiger charge is 2.12. The average molecular weight is 255 g/mol. The molecule has 0 radical (unpaired) electrons. The summed E-state index contributed by atoms with van der Waals surface area (Å²) < 4.78 is 5.72. The molecule has 0 fully saturated rings. The van der Waals surface area contributed by atoms with E-state index >= 15 is 0 Å². The lowest BCUT2D eigenvalue weighted by molar-refractivity contribution is 0.183. The number of para-hydroxylation sites is 2. The van der Waals surface area contributed by atoms with Crippen LogP contribution in [0.15, 0.2) is 59.7 Å². The van der Waals surface area contributed by atoms with Gasteiger partial charge in [0, 0.05) is 10.5 Å². The van der Waals surface area contributed by atoms with Crippen molar-refractivity contribution in [3.05, 3.63) is 70.6 Å². The van der Waals surface area contributed by atoms with Crippen molar-refractivity contribution in [2.45, 2.75) is 6.10 Å². The lowest BCUT2D eigenvalue weighted by atomic mass is 10.1. The van der Waals surface area contributed by atoms with Crippen LogP contribution in [-0.2, 0) is 0 Å². The number of nitrogens with zero attached hydrogens (tertiary/aromatic N) is 3. The van der Waals surface area contributed by atoms with Gasteiger partial charge >= 0.3 is 0 Å². The average Bonchev–Trinajstić information content (AvgIpc) is 2.46. The maximum atomic E-state index is 9.97. The Morgan fingerprint density at radius 1 is 1.11 bits per heavy atom. The van der Waals surface area contributed by atoms with Gasteiger partial charge in [0.05, 0.1) is 12.6 Å². The van der Waals surface area contributed by atoms with Gasteiger partial charge in [-0.15, -0.1) is 0 Å². The van der Waals surface area contributed by atoms with Gasteiger partial charge in [-0.25, -0.2) is 0 Å². The van der Waals surface area contributed by atoms with Gasteiger partial charge in [-0.05, 0) is 23.7 Å². The van der Waals surface area contributed by atoms with E-state index in [2.05, 4.69) is 10.0 Å². The Labute approximate surface area is 110 Å². The number of benzene rings is 2. The fourth-order valence-electron chi connectivity index (χ4n) is 1.68. The molecular weight excluding hydrogens is 242 g/mol. The fraction of sp³-hybridized carbons (Fsp3) is 0.143. The van der Waals surface area contributed by atoms with Gasteiger partial charge in [0.25, 0.3) is 0 Å². The minimum atomic E-state index is -0.879. The Morgan fingerprint density at radius 2 is 1.79 bits per heavy atom. The number of aliphatic hydroxyl groups is 1. The molecular formula is C14H13N3O2. The highest BCUT2D eigenvalue weighted by molar-refractivity contribution is 5.39. The standard InChI is InChI=1S/C14H13N3O2/c15-17-16-10-13(18)12-8-4-5-9-14(12)19-11-6-2-1-3-7-11/h1-9,13,18H,10H2. The molecule has 0 saturated carbocycles. The summed E-state index contributed by atoms with van der Waals surface area (Å²) in [7, 11) is 0. The number of ether oxygens (including phenoxy) is 1. The molecule has 0 aromatic heterocycles. The van der Waals surface area contributed by atoms with Crippen LogP contribution in [0.5, 0.6) is 11.5 Å². The maximum absolute atomic E-state index is 9.97. The van der Waals surface area contributed by atoms with E-state index in [1.807, 2.05) is 36.4 Å². The Morgan fingerprint density at radius 3 is 2.53 bits per heavy atom.